The molecule has 19 heavy (non-hydrogen) atoms. The molecule has 0 saturated carbocycles. The average Bonchev–Trinajstić information content (AvgIpc) is 2.27. The Kier molecular flexibility index (Phi) is 5.18. The van der Waals surface area contributed by atoms with Gasteiger partial charge in [0.15, 0.2) is 0 Å². The summed E-state index contributed by atoms with van der Waals surface area (Å²) in [7, 11) is 0. The molecule has 0 aliphatic rings. The first kappa shape index (κ1) is 15.3. The van der Waals surface area contributed by atoms with Crippen LogP contribution in [-0.2, 0) is 4.74 Å². The molecule has 1 rings (SSSR count). The zero-order valence-corrected chi connectivity index (χ0v) is 11.6. The molecule has 5 nitrogen and oxygen atoms in total. The van der Waals surface area contributed by atoms with Crippen LogP contribution in [0.5, 0.6) is 5.75 Å². The van der Waals surface area contributed by atoms with Crippen LogP contribution in [-0.4, -0.2) is 29.9 Å². The number of nitrogens with two attached hydrogens (primary N) is 1. The highest BCUT2D eigenvalue weighted by Gasteiger charge is 2.19. The molecule has 1 aromatic rings. The smallest absolute Gasteiger partial charge is 0.344 e. The second-order valence-corrected chi connectivity index (χ2v) is 4.85. The van der Waals surface area contributed by atoms with Crippen LogP contribution < -0.4 is 10.5 Å². The lowest BCUT2D eigenvalue weighted by molar-refractivity contribution is 0.0243. The topological polar surface area (TPSA) is 81.8 Å². The number of carbonyl (C=O) groups is 1. The van der Waals surface area contributed by atoms with Gasteiger partial charge in [-0.05, 0) is 32.9 Å². The normalized spacial score (nSPS) is 11.2. The Hall–Kier alpha value is -1.75. The Morgan fingerprint density at radius 3 is 2.68 bits per heavy atom. The van der Waals surface area contributed by atoms with E-state index < -0.39 is 11.6 Å². The monoisotopic (exact) mass is 267 g/mol. The summed E-state index contributed by atoms with van der Waals surface area (Å²) in [6, 6.07) is 5.01. The van der Waals surface area contributed by atoms with E-state index in [1.165, 1.54) is 0 Å². The van der Waals surface area contributed by atoms with Crippen molar-refractivity contribution in [2.75, 3.05) is 18.9 Å². The van der Waals surface area contributed by atoms with Gasteiger partial charge in [-0.15, -0.1) is 0 Å². The SMILES string of the molecule is CCOc1cccc(N)c1C(=O)OCCC(C)(C)O. The van der Waals surface area contributed by atoms with Crippen LogP contribution in [0.4, 0.5) is 5.69 Å². The fraction of sp³-hybridized carbons (Fsp3) is 0.500. The quantitative estimate of drug-likeness (QED) is 0.608. The molecule has 3 N–H and O–H groups in total. The minimum atomic E-state index is -0.870. The minimum absolute atomic E-state index is 0.127. The van der Waals surface area contributed by atoms with Crippen molar-refractivity contribution >= 4 is 11.7 Å². The molecule has 0 spiro atoms. The second-order valence-electron chi connectivity index (χ2n) is 4.85. The highest BCUT2D eigenvalue weighted by Crippen LogP contribution is 2.25. The maximum Gasteiger partial charge on any atom is 0.344 e. The van der Waals surface area contributed by atoms with Crippen LogP contribution >= 0.6 is 0 Å². The van der Waals surface area contributed by atoms with Gasteiger partial charge in [0, 0.05) is 12.1 Å². The largest absolute Gasteiger partial charge is 0.493 e. The third kappa shape index (κ3) is 4.79. The highest BCUT2D eigenvalue weighted by atomic mass is 16.5. The van der Waals surface area contributed by atoms with E-state index in [0.29, 0.717) is 24.5 Å². The van der Waals surface area contributed by atoms with E-state index in [4.69, 9.17) is 15.2 Å². The lowest BCUT2D eigenvalue weighted by Gasteiger charge is -2.17. The molecule has 1 aromatic carbocycles. The lowest BCUT2D eigenvalue weighted by atomic mass is 10.1. The molecule has 0 fully saturated rings. The van der Waals surface area contributed by atoms with Gasteiger partial charge < -0.3 is 20.3 Å². The van der Waals surface area contributed by atoms with E-state index in [9.17, 15) is 9.90 Å². The molecular weight excluding hydrogens is 246 g/mol. The van der Waals surface area contributed by atoms with E-state index in [-0.39, 0.29) is 12.2 Å². The number of benzene rings is 1. The molecule has 0 amide bonds. The Morgan fingerprint density at radius 1 is 1.42 bits per heavy atom. The first-order chi connectivity index (χ1) is 8.85. The summed E-state index contributed by atoms with van der Waals surface area (Å²) in [5.41, 5.74) is 5.46. The number of carbonyl (C=O) groups excluding carboxylic acids is 1. The van der Waals surface area contributed by atoms with Crippen molar-refractivity contribution < 1.29 is 19.4 Å². The van der Waals surface area contributed by atoms with Gasteiger partial charge in [0.25, 0.3) is 0 Å². The van der Waals surface area contributed by atoms with Crippen LogP contribution in [0.2, 0.25) is 0 Å². The average molecular weight is 267 g/mol. The number of nitrogen functional groups attached to an aromatic ring is 1. The molecule has 0 radical (unpaired) electrons. The van der Waals surface area contributed by atoms with Crippen molar-refractivity contribution in [1.29, 1.82) is 0 Å². The standard InChI is InChI=1S/C14H21NO4/c1-4-18-11-7-5-6-10(15)12(11)13(16)19-9-8-14(2,3)17/h5-7,17H,4,8-9,15H2,1-3H3. The van der Waals surface area contributed by atoms with Crippen LogP contribution in [0.25, 0.3) is 0 Å². The fourth-order valence-corrected chi connectivity index (χ4v) is 1.51. The number of aliphatic hydroxyl groups is 1. The van der Waals surface area contributed by atoms with Gasteiger partial charge in [0.05, 0.1) is 18.8 Å². The van der Waals surface area contributed by atoms with Gasteiger partial charge in [-0.1, -0.05) is 6.07 Å². The van der Waals surface area contributed by atoms with Crippen LogP contribution in [0.3, 0.4) is 0 Å². The lowest BCUT2D eigenvalue weighted by Crippen LogP contribution is -2.22. The van der Waals surface area contributed by atoms with Gasteiger partial charge >= 0.3 is 5.97 Å². The van der Waals surface area contributed by atoms with Gasteiger partial charge in [0.1, 0.15) is 11.3 Å². The number of rotatable bonds is 6. The number of hydrogen-bond acceptors (Lipinski definition) is 5. The van der Waals surface area contributed by atoms with Gasteiger partial charge in [-0.2, -0.15) is 0 Å². The number of hydrogen-bond donors (Lipinski definition) is 2. The summed E-state index contributed by atoms with van der Waals surface area (Å²) in [6.45, 7) is 5.70. The Balaban J connectivity index is 2.76. The third-order valence-electron chi connectivity index (χ3n) is 2.51. The van der Waals surface area contributed by atoms with E-state index in [1.54, 1.807) is 32.0 Å². The summed E-state index contributed by atoms with van der Waals surface area (Å²) < 4.78 is 10.5. The molecule has 0 saturated heterocycles. The van der Waals surface area contributed by atoms with E-state index in [1.807, 2.05) is 6.92 Å². The van der Waals surface area contributed by atoms with Gasteiger partial charge in [0.2, 0.25) is 0 Å². The zero-order valence-electron chi connectivity index (χ0n) is 11.6. The molecule has 106 valence electrons. The van der Waals surface area contributed by atoms with Crippen LogP contribution in [0.1, 0.15) is 37.6 Å². The minimum Gasteiger partial charge on any atom is -0.493 e. The Morgan fingerprint density at radius 2 is 2.11 bits per heavy atom. The van der Waals surface area contributed by atoms with E-state index in [2.05, 4.69) is 0 Å². The van der Waals surface area contributed by atoms with Gasteiger partial charge in [-0.3, -0.25) is 0 Å². The van der Waals surface area contributed by atoms with Crippen molar-refractivity contribution in [1.82, 2.24) is 0 Å². The maximum atomic E-state index is 12.0. The van der Waals surface area contributed by atoms with E-state index in [0.717, 1.165) is 0 Å². The summed E-state index contributed by atoms with van der Waals surface area (Å²) in [5, 5.41) is 9.55. The highest BCUT2D eigenvalue weighted by molar-refractivity contribution is 5.98. The summed E-state index contributed by atoms with van der Waals surface area (Å²) in [5.74, 6) is -0.124. The third-order valence-corrected chi connectivity index (χ3v) is 2.51. The molecule has 0 aliphatic carbocycles. The van der Waals surface area contributed by atoms with Crippen molar-refractivity contribution in [2.24, 2.45) is 0 Å². The summed E-state index contributed by atoms with van der Waals surface area (Å²) in [4.78, 5) is 12.0. The first-order valence-corrected chi connectivity index (χ1v) is 6.26. The van der Waals surface area contributed by atoms with E-state index >= 15 is 0 Å². The fourth-order valence-electron chi connectivity index (χ4n) is 1.51. The maximum absolute atomic E-state index is 12.0. The first-order valence-electron chi connectivity index (χ1n) is 6.26. The predicted molar refractivity (Wildman–Crippen MR) is 73.2 cm³/mol. The van der Waals surface area contributed by atoms with Crippen LogP contribution in [0, 0.1) is 0 Å². The molecular formula is C14H21NO4. The van der Waals surface area contributed by atoms with Crippen molar-refractivity contribution in [3.05, 3.63) is 23.8 Å². The van der Waals surface area contributed by atoms with Crippen molar-refractivity contribution in [2.45, 2.75) is 32.8 Å². The van der Waals surface area contributed by atoms with Crippen molar-refractivity contribution in [3.63, 3.8) is 0 Å². The van der Waals surface area contributed by atoms with Gasteiger partial charge in [-0.25, -0.2) is 4.79 Å². The number of anilines is 1. The zero-order chi connectivity index (χ0) is 14.5. The molecule has 0 aromatic heterocycles. The molecule has 0 aliphatic heterocycles. The van der Waals surface area contributed by atoms with Crippen molar-refractivity contribution in [3.8, 4) is 5.75 Å². The molecule has 0 heterocycles. The summed E-state index contributed by atoms with van der Waals surface area (Å²) in [6.07, 6.45) is 0.357. The summed E-state index contributed by atoms with van der Waals surface area (Å²) >= 11 is 0. The number of esters is 1. The molecule has 5 heteroatoms. The van der Waals surface area contributed by atoms with Crippen LogP contribution in [0.15, 0.2) is 18.2 Å². The molecule has 0 bridgehead atoms. The Labute approximate surface area is 113 Å². The molecule has 0 atom stereocenters. The second kappa shape index (κ2) is 6.43. The molecule has 0 unspecified atom stereocenters. The number of ether oxygens (including phenoxy) is 2. The Bertz CT molecular complexity index is 438. The predicted octanol–water partition coefficient (Wildman–Crippen LogP) is 1.99.